The summed E-state index contributed by atoms with van der Waals surface area (Å²) >= 11 is 0. The van der Waals surface area contributed by atoms with Gasteiger partial charge in [0.05, 0.1) is 0 Å². The summed E-state index contributed by atoms with van der Waals surface area (Å²) in [4.78, 5) is 4.51. The lowest BCUT2D eigenvalue weighted by molar-refractivity contribution is 0.225. The smallest absolute Gasteiger partial charge is 0.0379 e. The van der Waals surface area contributed by atoms with Gasteiger partial charge in [0.1, 0.15) is 0 Å². The number of nitrogens with one attached hydrogen (secondary N) is 1. The average molecular weight is 260 g/mol. The highest BCUT2D eigenvalue weighted by Gasteiger charge is 2.27. The molecule has 1 aliphatic rings. The van der Waals surface area contributed by atoms with Gasteiger partial charge in [0.25, 0.3) is 0 Å². The average Bonchev–Trinajstić information content (AvgIpc) is 2.34. The number of hydrogen-bond donors (Lipinski definition) is 1. The van der Waals surface area contributed by atoms with Crippen molar-refractivity contribution in [2.24, 2.45) is 11.8 Å². The summed E-state index contributed by atoms with van der Waals surface area (Å²) in [5.41, 5.74) is 3.72. The molecule has 3 atom stereocenters. The van der Waals surface area contributed by atoms with E-state index in [0.717, 1.165) is 29.8 Å². The molecular weight excluding hydrogens is 232 g/mol. The van der Waals surface area contributed by atoms with Crippen molar-refractivity contribution in [2.45, 2.75) is 59.4 Å². The fourth-order valence-corrected chi connectivity index (χ4v) is 3.61. The molecule has 1 aliphatic carbocycles. The maximum Gasteiger partial charge on any atom is 0.0379 e. The molecule has 106 valence electrons. The second-order valence-corrected chi connectivity index (χ2v) is 6.25. The third kappa shape index (κ3) is 3.79. The van der Waals surface area contributed by atoms with E-state index in [1.807, 2.05) is 0 Å². The van der Waals surface area contributed by atoms with Crippen LogP contribution in [0.25, 0.3) is 0 Å². The monoisotopic (exact) mass is 260 g/mol. The maximum absolute atomic E-state index is 4.51. The first-order valence-electron chi connectivity index (χ1n) is 7.78. The van der Waals surface area contributed by atoms with Crippen LogP contribution in [0, 0.1) is 25.7 Å². The van der Waals surface area contributed by atoms with Gasteiger partial charge in [-0.05, 0) is 62.8 Å². The van der Waals surface area contributed by atoms with E-state index in [1.54, 1.807) is 0 Å². The van der Waals surface area contributed by atoms with Crippen LogP contribution in [0.5, 0.6) is 0 Å². The van der Waals surface area contributed by atoms with Crippen LogP contribution in [0.2, 0.25) is 0 Å². The number of pyridine rings is 1. The molecule has 2 heteroatoms. The lowest BCUT2D eigenvalue weighted by atomic mass is 9.76. The molecule has 1 N–H and O–H groups in total. The summed E-state index contributed by atoms with van der Waals surface area (Å²) in [6.07, 6.45) is 5.51. The van der Waals surface area contributed by atoms with Crippen LogP contribution in [0.15, 0.2) is 12.1 Å². The van der Waals surface area contributed by atoms with Gasteiger partial charge in [-0.1, -0.05) is 26.7 Å². The van der Waals surface area contributed by atoms with Crippen LogP contribution in [0.3, 0.4) is 0 Å². The van der Waals surface area contributed by atoms with Gasteiger partial charge in [-0.3, -0.25) is 4.98 Å². The van der Waals surface area contributed by atoms with E-state index >= 15 is 0 Å². The lowest BCUT2D eigenvalue weighted by Crippen LogP contribution is -2.31. The summed E-state index contributed by atoms with van der Waals surface area (Å²) in [7, 11) is 0. The first-order valence-corrected chi connectivity index (χ1v) is 7.78. The summed E-state index contributed by atoms with van der Waals surface area (Å²) < 4.78 is 0. The van der Waals surface area contributed by atoms with Crippen LogP contribution in [-0.2, 0) is 0 Å². The second-order valence-electron chi connectivity index (χ2n) is 6.25. The molecule has 0 saturated heterocycles. The summed E-state index contributed by atoms with van der Waals surface area (Å²) in [5.74, 6) is 1.66. The zero-order valence-corrected chi connectivity index (χ0v) is 12.9. The Morgan fingerprint density at radius 3 is 2.53 bits per heavy atom. The standard InChI is InChI=1S/C17H28N2/c1-5-18-17(15-8-6-7-12(2)9-15)16-10-13(3)19-14(4)11-16/h10-12,15,17-18H,5-9H2,1-4H3. The first kappa shape index (κ1) is 14.5. The molecule has 19 heavy (non-hydrogen) atoms. The Labute approximate surface area is 118 Å². The van der Waals surface area contributed by atoms with Gasteiger partial charge in [0.15, 0.2) is 0 Å². The van der Waals surface area contributed by atoms with Crippen LogP contribution < -0.4 is 5.32 Å². The minimum Gasteiger partial charge on any atom is -0.310 e. The number of rotatable bonds is 4. The van der Waals surface area contributed by atoms with Gasteiger partial charge in [-0.2, -0.15) is 0 Å². The molecule has 1 aromatic heterocycles. The highest BCUT2D eigenvalue weighted by molar-refractivity contribution is 5.24. The Bertz CT molecular complexity index is 393. The molecule has 0 amide bonds. The van der Waals surface area contributed by atoms with Crippen molar-refractivity contribution in [2.75, 3.05) is 6.54 Å². The number of aromatic nitrogens is 1. The minimum atomic E-state index is 0.508. The topological polar surface area (TPSA) is 24.9 Å². The third-order valence-electron chi connectivity index (χ3n) is 4.34. The van der Waals surface area contributed by atoms with Crippen molar-refractivity contribution in [1.82, 2.24) is 10.3 Å². The van der Waals surface area contributed by atoms with Gasteiger partial charge >= 0.3 is 0 Å². The van der Waals surface area contributed by atoms with Crippen LogP contribution in [-0.4, -0.2) is 11.5 Å². The maximum atomic E-state index is 4.51. The minimum absolute atomic E-state index is 0.508. The van der Waals surface area contributed by atoms with Gasteiger partial charge in [0.2, 0.25) is 0 Å². The van der Waals surface area contributed by atoms with E-state index in [9.17, 15) is 0 Å². The highest BCUT2D eigenvalue weighted by Crippen LogP contribution is 2.37. The predicted octanol–water partition coefficient (Wildman–Crippen LogP) is 4.18. The van der Waals surface area contributed by atoms with Crippen molar-refractivity contribution in [3.8, 4) is 0 Å². The molecule has 0 radical (unpaired) electrons. The van der Waals surface area contributed by atoms with Crippen molar-refractivity contribution >= 4 is 0 Å². The molecule has 3 unspecified atom stereocenters. The zero-order chi connectivity index (χ0) is 13.8. The quantitative estimate of drug-likeness (QED) is 0.878. The Morgan fingerprint density at radius 2 is 1.95 bits per heavy atom. The molecule has 0 aromatic carbocycles. The molecule has 1 aromatic rings. The number of hydrogen-bond acceptors (Lipinski definition) is 2. The summed E-state index contributed by atoms with van der Waals surface area (Å²) in [6, 6.07) is 5.03. The van der Waals surface area contributed by atoms with Crippen LogP contribution >= 0.6 is 0 Å². The lowest BCUT2D eigenvalue weighted by Gasteiger charge is -2.34. The zero-order valence-electron chi connectivity index (χ0n) is 12.9. The summed E-state index contributed by atoms with van der Waals surface area (Å²) in [6.45, 7) is 9.85. The van der Waals surface area contributed by atoms with E-state index in [4.69, 9.17) is 0 Å². The van der Waals surface area contributed by atoms with E-state index in [0.29, 0.717) is 6.04 Å². The van der Waals surface area contributed by atoms with E-state index in [2.05, 4.69) is 50.1 Å². The van der Waals surface area contributed by atoms with Gasteiger partial charge in [0, 0.05) is 17.4 Å². The molecule has 1 heterocycles. The van der Waals surface area contributed by atoms with Crippen LogP contribution in [0.1, 0.15) is 62.5 Å². The Kier molecular flexibility index (Phi) is 4.98. The Morgan fingerprint density at radius 1 is 1.26 bits per heavy atom. The van der Waals surface area contributed by atoms with Gasteiger partial charge < -0.3 is 5.32 Å². The van der Waals surface area contributed by atoms with E-state index < -0.39 is 0 Å². The first-order chi connectivity index (χ1) is 9.10. The molecule has 2 nitrogen and oxygen atoms in total. The molecular formula is C17H28N2. The van der Waals surface area contributed by atoms with E-state index in [1.165, 1.54) is 31.2 Å². The highest BCUT2D eigenvalue weighted by atomic mass is 14.9. The van der Waals surface area contributed by atoms with Crippen molar-refractivity contribution in [1.29, 1.82) is 0 Å². The van der Waals surface area contributed by atoms with Gasteiger partial charge in [-0.25, -0.2) is 0 Å². The fourth-order valence-electron chi connectivity index (χ4n) is 3.61. The third-order valence-corrected chi connectivity index (χ3v) is 4.34. The number of aryl methyl sites for hydroxylation is 2. The van der Waals surface area contributed by atoms with Crippen molar-refractivity contribution in [3.05, 3.63) is 29.1 Å². The van der Waals surface area contributed by atoms with E-state index in [-0.39, 0.29) is 0 Å². The number of nitrogens with zero attached hydrogens (tertiary/aromatic N) is 1. The van der Waals surface area contributed by atoms with Crippen molar-refractivity contribution < 1.29 is 0 Å². The van der Waals surface area contributed by atoms with Gasteiger partial charge in [-0.15, -0.1) is 0 Å². The normalized spacial score (nSPS) is 25.3. The molecule has 0 aliphatic heterocycles. The molecule has 2 rings (SSSR count). The van der Waals surface area contributed by atoms with Crippen LogP contribution in [0.4, 0.5) is 0 Å². The molecule has 1 fully saturated rings. The fraction of sp³-hybridized carbons (Fsp3) is 0.706. The SMILES string of the molecule is CCNC(c1cc(C)nc(C)c1)C1CCCC(C)C1. The molecule has 1 saturated carbocycles. The Balaban J connectivity index is 2.22. The van der Waals surface area contributed by atoms with Crippen molar-refractivity contribution in [3.63, 3.8) is 0 Å². The Hall–Kier alpha value is -0.890. The summed E-state index contributed by atoms with van der Waals surface area (Å²) in [5, 5.41) is 3.72. The predicted molar refractivity (Wildman–Crippen MR) is 81.3 cm³/mol. The molecule has 0 bridgehead atoms. The second kappa shape index (κ2) is 6.51. The largest absolute Gasteiger partial charge is 0.310 e. The molecule has 0 spiro atoms.